The first-order valence-electron chi connectivity index (χ1n) is 8.78. The summed E-state index contributed by atoms with van der Waals surface area (Å²) in [5.41, 5.74) is 1.42. The largest absolute Gasteiger partial charge is 0.332 e. The van der Waals surface area contributed by atoms with E-state index in [0.29, 0.717) is 21.3 Å². The molecule has 3 amide bonds. The van der Waals surface area contributed by atoms with Gasteiger partial charge in [-0.25, -0.2) is 0 Å². The average Bonchev–Trinajstić information content (AvgIpc) is 3.26. The summed E-state index contributed by atoms with van der Waals surface area (Å²) in [6.45, 7) is -0.229. The minimum atomic E-state index is -0.458. The van der Waals surface area contributed by atoms with Crippen molar-refractivity contribution in [2.45, 2.75) is 0 Å². The molecule has 1 heterocycles. The van der Waals surface area contributed by atoms with Crippen molar-refractivity contribution in [1.82, 2.24) is 4.90 Å². The van der Waals surface area contributed by atoms with Crippen LogP contribution in [0.25, 0.3) is 0 Å². The average molecular weight is 462 g/mol. The van der Waals surface area contributed by atoms with Gasteiger partial charge < -0.3 is 15.5 Å². The molecule has 0 fully saturated rings. The molecular weight excluding hydrogens is 445 g/mol. The topological polar surface area (TPSA) is 78.5 Å². The number of carbonyl (C=O) groups excluding carboxylic acids is 3. The number of para-hydroxylation sites is 2. The van der Waals surface area contributed by atoms with Crippen molar-refractivity contribution in [3.63, 3.8) is 0 Å². The molecule has 0 spiro atoms. The number of halogens is 2. The van der Waals surface area contributed by atoms with E-state index in [4.69, 9.17) is 23.2 Å². The highest BCUT2D eigenvalue weighted by atomic mass is 35.5. The minimum absolute atomic E-state index is 0.229. The standard InChI is InChI=1S/C21H17Cl2N3O3S/c1-26(11-18(27)25-19-15(22)6-4-7-16(19)23)21(29)14-5-2-3-8-17(14)24-20(28)13-9-10-30-12-13/h2-10,12H,11H2,1H3,(H,24,28)(H,25,27). The maximum atomic E-state index is 12.9. The van der Waals surface area contributed by atoms with Crippen molar-refractivity contribution in [1.29, 1.82) is 0 Å². The van der Waals surface area contributed by atoms with Crippen LogP contribution in [0.5, 0.6) is 0 Å². The molecule has 0 aliphatic rings. The van der Waals surface area contributed by atoms with Crippen LogP contribution in [0.15, 0.2) is 59.3 Å². The van der Waals surface area contributed by atoms with Gasteiger partial charge >= 0.3 is 0 Å². The van der Waals surface area contributed by atoms with Crippen LogP contribution >= 0.6 is 34.5 Å². The van der Waals surface area contributed by atoms with E-state index in [1.807, 2.05) is 0 Å². The van der Waals surface area contributed by atoms with Crippen LogP contribution in [0.4, 0.5) is 11.4 Å². The van der Waals surface area contributed by atoms with Gasteiger partial charge in [-0.15, -0.1) is 0 Å². The summed E-state index contributed by atoms with van der Waals surface area (Å²) in [6.07, 6.45) is 0. The number of hydrogen-bond acceptors (Lipinski definition) is 4. The van der Waals surface area contributed by atoms with Crippen molar-refractivity contribution in [2.24, 2.45) is 0 Å². The zero-order valence-electron chi connectivity index (χ0n) is 15.8. The van der Waals surface area contributed by atoms with Gasteiger partial charge in [-0.2, -0.15) is 11.3 Å². The number of nitrogens with zero attached hydrogens (tertiary/aromatic N) is 1. The van der Waals surface area contributed by atoms with Gasteiger partial charge in [-0.3, -0.25) is 14.4 Å². The number of anilines is 2. The van der Waals surface area contributed by atoms with Gasteiger partial charge in [0, 0.05) is 12.4 Å². The van der Waals surface area contributed by atoms with Gasteiger partial charge in [-0.05, 0) is 35.7 Å². The number of hydrogen-bond donors (Lipinski definition) is 2. The maximum absolute atomic E-state index is 12.9. The summed E-state index contributed by atoms with van der Waals surface area (Å²) in [6, 6.07) is 13.2. The maximum Gasteiger partial charge on any atom is 0.256 e. The minimum Gasteiger partial charge on any atom is -0.332 e. The predicted octanol–water partition coefficient (Wildman–Crippen LogP) is 5.02. The third-order valence-corrected chi connectivity index (χ3v) is 5.46. The Labute approximate surface area is 187 Å². The van der Waals surface area contributed by atoms with E-state index in [-0.39, 0.29) is 23.7 Å². The zero-order chi connectivity index (χ0) is 21.7. The van der Waals surface area contributed by atoms with Crippen LogP contribution in [-0.4, -0.2) is 36.2 Å². The van der Waals surface area contributed by atoms with Crippen molar-refractivity contribution in [3.8, 4) is 0 Å². The number of carbonyl (C=O) groups is 3. The molecule has 3 rings (SSSR count). The fourth-order valence-corrected chi connectivity index (χ4v) is 3.78. The molecule has 0 saturated heterocycles. The number of rotatable bonds is 6. The molecule has 0 unspecified atom stereocenters. The SMILES string of the molecule is CN(CC(=O)Nc1c(Cl)cccc1Cl)C(=O)c1ccccc1NC(=O)c1ccsc1. The Kier molecular flexibility index (Phi) is 7.10. The summed E-state index contributed by atoms with van der Waals surface area (Å²) >= 11 is 13.5. The third-order valence-electron chi connectivity index (χ3n) is 4.14. The Balaban J connectivity index is 1.70. The third kappa shape index (κ3) is 5.18. The van der Waals surface area contributed by atoms with Gasteiger partial charge in [0.2, 0.25) is 5.91 Å². The van der Waals surface area contributed by atoms with Gasteiger partial charge in [0.25, 0.3) is 11.8 Å². The first kappa shape index (κ1) is 21.8. The van der Waals surface area contributed by atoms with Crippen LogP contribution in [0.3, 0.4) is 0 Å². The van der Waals surface area contributed by atoms with Gasteiger partial charge in [0.1, 0.15) is 0 Å². The summed E-state index contributed by atoms with van der Waals surface area (Å²) in [4.78, 5) is 38.9. The molecule has 30 heavy (non-hydrogen) atoms. The fraction of sp³-hybridized carbons (Fsp3) is 0.0952. The number of benzene rings is 2. The number of thiophene rings is 1. The Morgan fingerprint density at radius 3 is 2.33 bits per heavy atom. The van der Waals surface area contributed by atoms with Crippen LogP contribution in [0.2, 0.25) is 10.0 Å². The van der Waals surface area contributed by atoms with Crippen molar-refractivity contribution >= 4 is 63.6 Å². The zero-order valence-corrected chi connectivity index (χ0v) is 18.1. The van der Waals surface area contributed by atoms with Crippen LogP contribution in [-0.2, 0) is 4.79 Å². The molecule has 0 saturated carbocycles. The number of likely N-dealkylation sites (N-methyl/N-ethyl adjacent to an activating group) is 1. The van der Waals surface area contributed by atoms with E-state index in [1.54, 1.807) is 59.3 Å². The van der Waals surface area contributed by atoms with E-state index >= 15 is 0 Å². The second-order valence-electron chi connectivity index (χ2n) is 6.32. The molecule has 6 nitrogen and oxygen atoms in total. The molecular formula is C21H17Cl2N3O3S. The Morgan fingerprint density at radius 1 is 0.967 bits per heavy atom. The normalized spacial score (nSPS) is 10.4. The van der Waals surface area contributed by atoms with Crippen LogP contribution in [0, 0.1) is 0 Å². The van der Waals surface area contributed by atoms with Gasteiger partial charge in [0.15, 0.2) is 0 Å². The lowest BCUT2D eigenvalue weighted by molar-refractivity contribution is -0.116. The van der Waals surface area contributed by atoms with Crippen LogP contribution < -0.4 is 10.6 Å². The molecule has 1 aromatic heterocycles. The second-order valence-corrected chi connectivity index (χ2v) is 7.91. The van der Waals surface area contributed by atoms with E-state index in [0.717, 1.165) is 0 Å². The van der Waals surface area contributed by atoms with Crippen molar-refractivity contribution in [3.05, 3.63) is 80.5 Å². The predicted molar refractivity (Wildman–Crippen MR) is 121 cm³/mol. The van der Waals surface area contributed by atoms with Gasteiger partial charge in [0.05, 0.1) is 39.1 Å². The van der Waals surface area contributed by atoms with E-state index in [9.17, 15) is 14.4 Å². The Morgan fingerprint density at radius 2 is 1.67 bits per heavy atom. The van der Waals surface area contributed by atoms with E-state index in [2.05, 4.69) is 10.6 Å². The number of amides is 3. The summed E-state index contributed by atoms with van der Waals surface area (Å²) in [7, 11) is 1.49. The summed E-state index contributed by atoms with van der Waals surface area (Å²) in [5, 5.41) is 9.47. The van der Waals surface area contributed by atoms with Gasteiger partial charge in [-0.1, -0.05) is 41.4 Å². The van der Waals surface area contributed by atoms with Crippen molar-refractivity contribution < 1.29 is 14.4 Å². The van der Waals surface area contributed by atoms with E-state index in [1.165, 1.54) is 23.3 Å². The lowest BCUT2D eigenvalue weighted by atomic mass is 10.1. The first-order valence-corrected chi connectivity index (χ1v) is 10.5. The highest BCUT2D eigenvalue weighted by molar-refractivity contribution is 7.08. The molecule has 0 aliphatic heterocycles. The molecule has 0 aliphatic carbocycles. The lowest BCUT2D eigenvalue weighted by Gasteiger charge is -2.19. The van der Waals surface area contributed by atoms with Crippen LogP contribution in [0.1, 0.15) is 20.7 Å². The highest BCUT2D eigenvalue weighted by Gasteiger charge is 2.20. The fourth-order valence-electron chi connectivity index (χ4n) is 2.66. The molecule has 2 N–H and O–H groups in total. The quantitative estimate of drug-likeness (QED) is 0.540. The molecule has 9 heteroatoms. The summed E-state index contributed by atoms with van der Waals surface area (Å²) < 4.78 is 0. The molecule has 0 radical (unpaired) electrons. The second kappa shape index (κ2) is 9.75. The monoisotopic (exact) mass is 461 g/mol. The lowest BCUT2D eigenvalue weighted by Crippen LogP contribution is -2.35. The molecule has 2 aromatic carbocycles. The first-order chi connectivity index (χ1) is 14.4. The molecule has 0 atom stereocenters. The summed E-state index contributed by atoms with van der Waals surface area (Å²) in [5.74, 6) is -1.19. The number of nitrogens with one attached hydrogen (secondary N) is 2. The van der Waals surface area contributed by atoms with E-state index < -0.39 is 11.8 Å². The highest BCUT2D eigenvalue weighted by Crippen LogP contribution is 2.29. The molecule has 3 aromatic rings. The molecule has 0 bridgehead atoms. The smallest absolute Gasteiger partial charge is 0.256 e. The Hall–Kier alpha value is -2.87. The molecule has 154 valence electrons. The Bertz CT molecular complexity index is 1070. The van der Waals surface area contributed by atoms with Crippen molar-refractivity contribution in [2.75, 3.05) is 24.2 Å².